The first kappa shape index (κ1) is 15.0. The van der Waals surface area contributed by atoms with E-state index in [4.69, 9.17) is 0 Å². The summed E-state index contributed by atoms with van der Waals surface area (Å²) in [6.45, 7) is 16.6. The van der Waals surface area contributed by atoms with Crippen molar-refractivity contribution in [2.75, 3.05) is 0 Å². The molecule has 0 aliphatic carbocycles. The van der Waals surface area contributed by atoms with Crippen molar-refractivity contribution in [2.24, 2.45) is 23.2 Å². The highest BCUT2D eigenvalue weighted by Gasteiger charge is 2.25. The maximum atomic E-state index is 2.46. The van der Waals surface area contributed by atoms with Crippen LogP contribution in [0.3, 0.4) is 0 Å². The molecule has 3 atom stereocenters. The van der Waals surface area contributed by atoms with E-state index in [1.54, 1.807) is 0 Å². The normalized spacial score (nSPS) is 18.6. The summed E-state index contributed by atoms with van der Waals surface area (Å²) < 4.78 is 0. The maximum absolute atomic E-state index is 2.46. The van der Waals surface area contributed by atoms with Gasteiger partial charge >= 0.3 is 0 Å². The lowest BCUT2D eigenvalue weighted by atomic mass is 9.73. The Morgan fingerprint density at radius 2 is 1.47 bits per heavy atom. The van der Waals surface area contributed by atoms with Crippen molar-refractivity contribution in [1.82, 2.24) is 0 Å². The van der Waals surface area contributed by atoms with Crippen LogP contribution >= 0.6 is 0 Å². The Balaban J connectivity index is 4.34. The van der Waals surface area contributed by atoms with E-state index in [2.05, 4.69) is 48.5 Å². The first-order valence-corrected chi connectivity index (χ1v) is 6.81. The van der Waals surface area contributed by atoms with Crippen LogP contribution in [0, 0.1) is 23.2 Å². The van der Waals surface area contributed by atoms with Crippen molar-refractivity contribution in [1.29, 1.82) is 0 Å². The highest BCUT2D eigenvalue weighted by atomic mass is 14.3. The third-order valence-corrected chi connectivity index (χ3v) is 3.66. The van der Waals surface area contributed by atoms with Gasteiger partial charge < -0.3 is 0 Å². The standard InChI is InChI=1S/C15H32/c1-8-10-14(12(3)9-2)13(4)11-15(5,6)7/h12-14H,8-11H2,1-7H3. The summed E-state index contributed by atoms with van der Waals surface area (Å²) in [5.74, 6) is 2.70. The van der Waals surface area contributed by atoms with Crippen molar-refractivity contribution in [2.45, 2.75) is 74.1 Å². The third-order valence-electron chi connectivity index (χ3n) is 3.66. The van der Waals surface area contributed by atoms with Gasteiger partial charge in [0.2, 0.25) is 0 Å². The van der Waals surface area contributed by atoms with Crippen LogP contribution in [0.5, 0.6) is 0 Å². The molecule has 0 bridgehead atoms. The van der Waals surface area contributed by atoms with E-state index in [1.165, 1.54) is 25.7 Å². The average Bonchev–Trinajstić information content (AvgIpc) is 2.10. The van der Waals surface area contributed by atoms with E-state index in [9.17, 15) is 0 Å². The summed E-state index contributed by atoms with van der Waals surface area (Å²) in [7, 11) is 0. The summed E-state index contributed by atoms with van der Waals surface area (Å²) in [6, 6.07) is 0. The van der Waals surface area contributed by atoms with Crippen LogP contribution in [-0.2, 0) is 0 Å². The van der Waals surface area contributed by atoms with Gasteiger partial charge in [-0.15, -0.1) is 0 Å². The smallest absolute Gasteiger partial charge is 0.0363 e. The van der Waals surface area contributed by atoms with Crippen molar-refractivity contribution in [3.63, 3.8) is 0 Å². The molecule has 0 aromatic rings. The molecule has 0 aromatic carbocycles. The van der Waals surface area contributed by atoms with Gasteiger partial charge in [0, 0.05) is 0 Å². The van der Waals surface area contributed by atoms with Gasteiger partial charge in [-0.2, -0.15) is 0 Å². The fourth-order valence-corrected chi connectivity index (χ4v) is 2.88. The summed E-state index contributed by atoms with van der Waals surface area (Å²) >= 11 is 0. The molecular formula is C15H32. The fraction of sp³-hybridized carbons (Fsp3) is 1.00. The Kier molecular flexibility index (Phi) is 6.55. The molecule has 0 nitrogen and oxygen atoms in total. The topological polar surface area (TPSA) is 0 Å². The SMILES string of the molecule is CCCC(C(C)CC)C(C)CC(C)(C)C. The average molecular weight is 212 g/mol. The summed E-state index contributed by atoms with van der Waals surface area (Å²) in [5, 5.41) is 0. The Morgan fingerprint density at radius 3 is 1.80 bits per heavy atom. The van der Waals surface area contributed by atoms with Gasteiger partial charge in [0.1, 0.15) is 0 Å². The van der Waals surface area contributed by atoms with E-state index in [0.29, 0.717) is 5.41 Å². The molecule has 92 valence electrons. The summed E-state index contributed by atoms with van der Waals surface area (Å²) in [4.78, 5) is 0. The number of hydrogen-bond acceptors (Lipinski definition) is 0. The Morgan fingerprint density at radius 1 is 0.933 bits per heavy atom. The molecule has 0 aliphatic rings. The van der Waals surface area contributed by atoms with Gasteiger partial charge in [-0.1, -0.05) is 67.7 Å². The predicted octanol–water partition coefficient (Wildman–Crippen LogP) is 5.52. The van der Waals surface area contributed by atoms with Crippen LogP contribution < -0.4 is 0 Å². The molecular weight excluding hydrogens is 180 g/mol. The molecule has 0 spiro atoms. The molecule has 0 heterocycles. The molecule has 0 saturated carbocycles. The van der Waals surface area contributed by atoms with E-state index in [0.717, 1.165) is 17.8 Å². The van der Waals surface area contributed by atoms with Gasteiger partial charge in [0.05, 0.1) is 0 Å². The van der Waals surface area contributed by atoms with Crippen molar-refractivity contribution in [3.05, 3.63) is 0 Å². The largest absolute Gasteiger partial charge is 0.0654 e. The Labute approximate surface area is 97.8 Å². The minimum atomic E-state index is 0.485. The maximum Gasteiger partial charge on any atom is -0.0363 e. The fourth-order valence-electron chi connectivity index (χ4n) is 2.88. The quantitative estimate of drug-likeness (QED) is 0.543. The van der Waals surface area contributed by atoms with Crippen LogP contribution in [0.2, 0.25) is 0 Å². The predicted molar refractivity (Wildman–Crippen MR) is 71.1 cm³/mol. The van der Waals surface area contributed by atoms with E-state index in [-0.39, 0.29) is 0 Å². The van der Waals surface area contributed by atoms with E-state index < -0.39 is 0 Å². The molecule has 0 rings (SSSR count). The molecule has 15 heavy (non-hydrogen) atoms. The summed E-state index contributed by atoms with van der Waals surface area (Å²) in [5.41, 5.74) is 0.485. The zero-order chi connectivity index (χ0) is 12.1. The van der Waals surface area contributed by atoms with Crippen LogP contribution in [0.4, 0.5) is 0 Å². The molecule has 0 heteroatoms. The third kappa shape index (κ3) is 6.22. The van der Waals surface area contributed by atoms with Gasteiger partial charge in [-0.05, 0) is 29.6 Å². The number of rotatable bonds is 6. The van der Waals surface area contributed by atoms with Crippen molar-refractivity contribution < 1.29 is 0 Å². The van der Waals surface area contributed by atoms with Crippen molar-refractivity contribution in [3.8, 4) is 0 Å². The zero-order valence-corrected chi connectivity index (χ0v) is 12.1. The zero-order valence-electron chi connectivity index (χ0n) is 12.1. The Hall–Kier alpha value is 0. The van der Waals surface area contributed by atoms with Crippen LogP contribution in [0.15, 0.2) is 0 Å². The second kappa shape index (κ2) is 6.55. The highest BCUT2D eigenvalue weighted by Crippen LogP contribution is 2.35. The minimum absolute atomic E-state index is 0.485. The van der Waals surface area contributed by atoms with Gasteiger partial charge in [0.15, 0.2) is 0 Å². The molecule has 0 aliphatic heterocycles. The lowest BCUT2D eigenvalue weighted by Gasteiger charge is -2.33. The Bertz CT molecular complexity index is 152. The van der Waals surface area contributed by atoms with Crippen molar-refractivity contribution >= 4 is 0 Å². The van der Waals surface area contributed by atoms with Gasteiger partial charge in [-0.3, -0.25) is 0 Å². The van der Waals surface area contributed by atoms with E-state index >= 15 is 0 Å². The van der Waals surface area contributed by atoms with Crippen LogP contribution in [0.25, 0.3) is 0 Å². The molecule has 0 amide bonds. The summed E-state index contributed by atoms with van der Waals surface area (Å²) in [6.07, 6.45) is 5.44. The lowest BCUT2D eigenvalue weighted by Crippen LogP contribution is -2.23. The highest BCUT2D eigenvalue weighted by molar-refractivity contribution is 4.75. The second-order valence-corrected chi connectivity index (χ2v) is 6.58. The van der Waals surface area contributed by atoms with Gasteiger partial charge in [0.25, 0.3) is 0 Å². The molecule has 0 aromatic heterocycles. The molecule has 0 radical (unpaired) electrons. The molecule has 0 N–H and O–H groups in total. The first-order valence-electron chi connectivity index (χ1n) is 6.81. The second-order valence-electron chi connectivity index (χ2n) is 6.58. The molecule has 3 unspecified atom stereocenters. The molecule has 0 fully saturated rings. The van der Waals surface area contributed by atoms with Crippen LogP contribution in [0.1, 0.15) is 74.1 Å². The minimum Gasteiger partial charge on any atom is -0.0654 e. The lowest BCUT2D eigenvalue weighted by molar-refractivity contribution is 0.174. The molecule has 0 saturated heterocycles. The first-order chi connectivity index (χ1) is 6.81. The number of hydrogen-bond donors (Lipinski definition) is 0. The monoisotopic (exact) mass is 212 g/mol. The van der Waals surface area contributed by atoms with Gasteiger partial charge in [-0.25, -0.2) is 0 Å². The van der Waals surface area contributed by atoms with Crippen LogP contribution in [-0.4, -0.2) is 0 Å². The van der Waals surface area contributed by atoms with E-state index in [1.807, 2.05) is 0 Å².